The summed E-state index contributed by atoms with van der Waals surface area (Å²) in [7, 11) is 0. The van der Waals surface area contributed by atoms with Crippen LogP contribution in [0.5, 0.6) is 0 Å². The second kappa shape index (κ2) is 4.19. The molecule has 0 unspecified atom stereocenters. The molecule has 1 heterocycles. The highest BCUT2D eigenvalue weighted by atomic mass is 15.2. The van der Waals surface area contributed by atoms with Gasteiger partial charge in [0.15, 0.2) is 0 Å². The Morgan fingerprint density at radius 2 is 1.71 bits per heavy atom. The van der Waals surface area contributed by atoms with Crippen molar-refractivity contribution in [3.8, 4) is 0 Å². The number of hydrogen-bond acceptors (Lipinski definition) is 2. The average Bonchev–Trinajstić information content (AvgIpc) is 2.19. The van der Waals surface area contributed by atoms with Crippen LogP contribution in [0.25, 0.3) is 0 Å². The largest absolute Gasteiger partial charge is 0.317 e. The quantitative estimate of drug-likeness (QED) is 0.741. The molecule has 82 valence electrons. The first kappa shape index (κ1) is 10.4. The predicted molar refractivity (Wildman–Crippen MR) is 60.5 cm³/mol. The van der Waals surface area contributed by atoms with Gasteiger partial charge >= 0.3 is 0 Å². The Balaban J connectivity index is 1.82. The predicted octanol–water partition coefficient (Wildman–Crippen LogP) is 1.86. The van der Waals surface area contributed by atoms with Crippen LogP contribution in [0, 0.1) is 5.41 Å². The Morgan fingerprint density at radius 1 is 1.14 bits per heavy atom. The smallest absolute Gasteiger partial charge is 0.0106 e. The van der Waals surface area contributed by atoms with Gasteiger partial charge in [-0.2, -0.15) is 0 Å². The number of nitrogens with one attached hydrogen (secondary N) is 1. The molecule has 1 saturated heterocycles. The zero-order valence-corrected chi connectivity index (χ0v) is 9.68. The van der Waals surface area contributed by atoms with Crippen LogP contribution in [0.15, 0.2) is 0 Å². The zero-order chi connectivity index (χ0) is 10.0. The first-order chi connectivity index (χ1) is 6.79. The molecule has 14 heavy (non-hydrogen) atoms. The molecule has 0 atom stereocenters. The molecule has 2 nitrogen and oxygen atoms in total. The second-order valence-electron chi connectivity index (χ2n) is 5.03. The minimum Gasteiger partial charge on any atom is -0.317 e. The summed E-state index contributed by atoms with van der Waals surface area (Å²) in [6, 6.07) is 0.906. The van der Waals surface area contributed by atoms with Crippen LogP contribution in [-0.4, -0.2) is 37.1 Å². The number of piperidine rings is 1. The Morgan fingerprint density at radius 3 is 2.21 bits per heavy atom. The zero-order valence-electron chi connectivity index (χ0n) is 9.68. The van der Waals surface area contributed by atoms with E-state index >= 15 is 0 Å². The van der Waals surface area contributed by atoms with E-state index in [1.165, 1.54) is 51.9 Å². The van der Waals surface area contributed by atoms with Crippen molar-refractivity contribution in [2.45, 2.75) is 45.6 Å². The van der Waals surface area contributed by atoms with E-state index in [9.17, 15) is 0 Å². The summed E-state index contributed by atoms with van der Waals surface area (Å²) < 4.78 is 0. The van der Waals surface area contributed by atoms with Crippen LogP contribution in [0.4, 0.5) is 0 Å². The molecule has 0 amide bonds. The van der Waals surface area contributed by atoms with Crippen LogP contribution < -0.4 is 5.32 Å². The Labute approximate surface area is 88.1 Å². The molecule has 1 saturated carbocycles. The monoisotopic (exact) mass is 196 g/mol. The maximum atomic E-state index is 3.47. The van der Waals surface area contributed by atoms with Gasteiger partial charge in [0, 0.05) is 6.04 Å². The van der Waals surface area contributed by atoms with E-state index in [1.54, 1.807) is 0 Å². The lowest BCUT2D eigenvalue weighted by atomic mass is 9.60. The third kappa shape index (κ3) is 1.82. The van der Waals surface area contributed by atoms with Crippen LogP contribution in [0.2, 0.25) is 0 Å². The lowest BCUT2D eigenvalue weighted by Gasteiger charge is -2.53. The van der Waals surface area contributed by atoms with Crippen molar-refractivity contribution in [3.63, 3.8) is 0 Å². The van der Waals surface area contributed by atoms with E-state index in [4.69, 9.17) is 0 Å². The van der Waals surface area contributed by atoms with E-state index in [1.807, 2.05) is 0 Å². The molecule has 1 aliphatic heterocycles. The van der Waals surface area contributed by atoms with Gasteiger partial charge in [0.2, 0.25) is 0 Å². The lowest BCUT2D eigenvalue weighted by molar-refractivity contribution is -0.0164. The van der Waals surface area contributed by atoms with Crippen LogP contribution in [-0.2, 0) is 0 Å². The number of nitrogens with zero attached hydrogens (tertiary/aromatic N) is 1. The summed E-state index contributed by atoms with van der Waals surface area (Å²) in [4.78, 5) is 2.63. The van der Waals surface area contributed by atoms with E-state index in [-0.39, 0.29) is 0 Å². The molecule has 2 rings (SSSR count). The van der Waals surface area contributed by atoms with Gasteiger partial charge in [0.1, 0.15) is 0 Å². The molecule has 0 bridgehead atoms. The molecular weight excluding hydrogens is 172 g/mol. The molecule has 2 fully saturated rings. The van der Waals surface area contributed by atoms with Crippen molar-refractivity contribution in [1.29, 1.82) is 0 Å². The van der Waals surface area contributed by atoms with E-state index < -0.39 is 0 Å². The number of rotatable bonds is 3. The van der Waals surface area contributed by atoms with Gasteiger partial charge < -0.3 is 10.2 Å². The molecule has 0 radical (unpaired) electrons. The fourth-order valence-corrected chi connectivity index (χ4v) is 3.30. The topological polar surface area (TPSA) is 15.3 Å². The van der Waals surface area contributed by atoms with E-state index in [0.29, 0.717) is 0 Å². The van der Waals surface area contributed by atoms with Gasteiger partial charge in [-0.25, -0.2) is 0 Å². The standard InChI is InChI=1S/C12H24N2/c1-3-14(4-2)11-9-12(10-11)5-7-13-8-6-12/h11,13H,3-10H2,1-2H3. The van der Waals surface area contributed by atoms with Crippen molar-refractivity contribution in [2.24, 2.45) is 5.41 Å². The normalized spacial score (nSPS) is 26.8. The van der Waals surface area contributed by atoms with E-state index in [0.717, 1.165) is 11.5 Å². The summed E-state index contributed by atoms with van der Waals surface area (Å²) in [5, 5.41) is 3.47. The first-order valence-corrected chi connectivity index (χ1v) is 6.24. The summed E-state index contributed by atoms with van der Waals surface area (Å²) in [5.41, 5.74) is 0.749. The third-order valence-electron chi connectivity index (χ3n) is 4.33. The number of hydrogen-bond donors (Lipinski definition) is 1. The summed E-state index contributed by atoms with van der Waals surface area (Å²) in [6.45, 7) is 9.55. The van der Waals surface area contributed by atoms with Crippen LogP contribution >= 0.6 is 0 Å². The van der Waals surface area contributed by atoms with Crippen molar-refractivity contribution in [1.82, 2.24) is 10.2 Å². The molecule has 1 N–H and O–H groups in total. The molecule has 1 spiro atoms. The van der Waals surface area contributed by atoms with Crippen LogP contribution in [0.3, 0.4) is 0 Å². The second-order valence-corrected chi connectivity index (χ2v) is 5.03. The minimum absolute atomic E-state index is 0.749. The Bertz CT molecular complexity index is 173. The molecule has 0 aromatic heterocycles. The Kier molecular flexibility index (Phi) is 3.13. The van der Waals surface area contributed by atoms with Crippen molar-refractivity contribution < 1.29 is 0 Å². The van der Waals surface area contributed by atoms with Gasteiger partial charge in [-0.3, -0.25) is 0 Å². The Hall–Kier alpha value is -0.0800. The van der Waals surface area contributed by atoms with Crippen molar-refractivity contribution >= 4 is 0 Å². The molecule has 0 aromatic carbocycles. The van der Waals surface area contributed by atoms with Crippen molar-refractivity contribution in [3.05, 3.63) is 0 Å². The fourth-order valence-electron chi connectivity index (χ4n) is 3.30. The van der Waals surface area contributed by atoms with Gasteiger partial charge in [0.05, 0.1) is 0 Å². The lowest BCUT2D eigenvalue weighted by Crippen LogP contribution is -2.54. The molecule has 0 aromatic rings. The average molecular weight is 196 g/mol. The molecule has 2 heteroatoms. The van der Waals surface area contributed by atoms with Gasteiger partial charge in [0.25, 0.3) is 0 Å². The van der Waals surface area contributed by atoms with Crippen molar-refractivity contribution in [2.75, 3.05) is 26.2 Å². The molecular formula is C12H24N2. The van der Waals surface area contributed by atoms with Gasteiger partial charge in [-0.05, 0) is 57.3 Å². The fraction of sp³-hybridized carbons (Fsp3) is 1.00. The summed E-state index contributed by atoms with van der Waals surface area (Å²) >= 11 is 0. The molecule has 1 aliphatic carbocycles. The van der Waals surface area contributed by atoms with E-state index in [2.05, 4.69) is 24.1 Å². The maximum absolute atomic E-state index is 3.47. The third-order valence-corrected chi connectivity index (χ3v) is 4.33. The summed E-state index contributed by atoms with van der Waals surface area (Å²) in [5.74, 6) is 0. The van der Waals surface area contributed by atoms with Gasteiger partial charge in [-0.1, -0.05) is 13.8 Å². The minimum atomic E-state index is 0.749. The molecule has 2 aliphatic rings. The van der Waals surface area contributed by atoms with Gasteiger partial charge in [-0.15, -0.1) is 0 Å². The highest BCUT2D eigenvalue weighted by Crippen LogP contribution is 2.49. The summed E-state index contributed by atoms with van der Waals surface area (Å²) in [6.07, 6.45) is 5.78. The first-order valence-electron chi connectivity index (χ1n) is 6.24. The highest BCUT2D eigenvalue weighted by molar-refractivity contribution is 5.00. The van der Waals surface area contributed by atoms with Crippen LogP contribution in [0.1, 0.15) is 39.5 Å². The maximum Gasteiger partial charge on any atom is 0.0106 e. The highest BCUT2D eigenvalue weighted by Gasteiger charge is 2.45. The SMILES string of the molecule is CCN(CC)C1CC2(CCNCC2)C1.